The molecule has 4 N–H and O–H groups in total. The molecule has 2 rings (SSSR count). The third kappa shape index (κ3) is 2.68. The highest BCUT2D eigenvalue weighted by Crippen LogP contribution is 2.21. The van der Waals surface area contributed by atoms with Crippen molar-refractivity contribution in [2.45, 2.75) is 6.92 Å². The average Bonchev–Trinajstić information content (AvgIpc) is 2.78. The second kappa shape index (κ2) is 4.77. The predicted molar refractivity (Wildman–Crippen MR) is 64.1 cm³/mol. The normalized spacial score (nSPS) is 10.2. The van der Waals surface area contributed by atoms with E-state index >= 15 is 0 Å². The van der Waals surface area contributed by atoms with Gasteiger partial charge in [0, 0.05) is 0 Å². The number of aromatic amines is 1. The molecule has 2 aromatic rings. The van der Waals surface area contributed by atoms with Crippen molar-refractivity contribution in [1.82, 2.24) is 15.2 Å². The first-order chi connectivity index (χ1) is 8.97. The van der Waals surface area contributed by atoms with Gasteiger partial charge in [-0.15, -0.1) is 5.10 Å². The summed E-state index contributed by atoms with van der Waals surface area (Å²) in [6.45, 7) is 1.63. The second-order valence-electron chi connectivity index (χ2n) is 3.73. The first kappa shape index (κ1) is 12.6. The summed E-state index contributed by atoms with van der Waals surface area (Å²) in [7, 11) is 0. The minimum absolute atomic E-state index is 0.0535. The maximum Gasteiger partial charge on any atom is 0.337 e. The van der Waals surface area contributed by atoms with Gasteiger partial charge in [0.25, 0.3) is 5.91 Å². The number of anilines is 1. The van der Waals surface area contributed by atoms with E-state index in [1.165, 1.54) is 12.1 Å². The Hall–Kier alpha value is -2.90. The van der Waals surface area contributed by atoms with E-state index in [4.69, 9.17) is 5.11 Å². The van der Waals surface area contributed by atoms with Crippen molar-refractivity contribution in [3.8, 4) is 5.75 Å². The lowest BCUT2D eigenvalue weighted by molar-refractivity contribution is 0.0697. The molecule has 8 nitrogen and oxygen atoms in total. The minimum Gasteiger partial charge on any atom is -0.508 e. The Bertz CT molecular complexity index is 650. The molecule has 0 aliphatic carbocycles. The molecule has 0 fully saturated rings. The van der Waals surface area contributed by atoms with Crippen LogP contribution >= 0.6 is 0 Å². The zero-order valence-electron chi connectivity index (χ0n) is 9.84. The summed E-state index contributed by atoms with van der Waals surface area (Å²) in [5, 5.41) is 26.7. The summed E-state index contributed by atoms with van der Waals surface area (Å²) in [6.07, 6.45) is 0. The predicted octanol–water partition coefficient (Wildman–Crippen LogP) is 0.769. The molecule has 0 radical (unpaired) electrons. The van der Waals surface area contributed by atoms with Crippen molar-refractivity contribution in [1.29, 1.82) is 0 Å². The zero-order chi connectivity index (χ0) is 14.0. The molecule has 1 heterocycles. The van der Waals surface area contributed by atoms with Crippen molar-refractivity contribution >= 4 is 17.6 Å². The van der Waals surface area contributed by atoms with Gasteiger partial charge in [-0.2, -0.15) is 0 Å². The molecule has 0 bridgehead atoms. The van der Waals surface area contributed by atoms with E-state index < -0.39 is 11.9 Å². The van der Waals surface area contributed by atoms with Crippen LogP contribution in [0.5, 0.6) is 5.75 Å². The van der Waals surface area contributed by atoms with Crippen LogP contribution in [0.3, 0.4) is 0 Å². The number of aromatic nitrogens is 3. The third-order valence-electron chi connectivity index (χ3n) is 2.28. The van der Waals surface area contributed by atoms with Crippen LogP contribution in [-0.2, 0) is 0 Å². The van der Waals surface area contributed by atoms with Gasteiger partial charge in [0.1, 0.15) is 11.6 Å². The number of nitrogens with one attached hydrogen (secondary N) is 2. The number of carboxylic acid groups (broad SMARTS) is 1. The van der Waals surface area contributed by atoms with Crippen LogP contribution in [0, 0.1) is 6.92 Å². The maximum atomic E-state index is 11.8. The Morgan fingerprint density at radius 1 is 1.37 bits per heavy atom. The topological polar surface area (TPSA) is 128 Å². The monoisotopic (exact) mass is 262 g/mol. The van der Waals surface area contributed by atoms with Crippen molar-refractivity contribution in [2.24, 2.45) is 0 Å². The van der Waals surface area contributed by atoms with Crippen LogP contribution in [0.1, 0.15) is 26.8 Å². The highest BCUT2D eigenvalue weighted by Gasteiger charge is 2.16. The fraction of sp³-hybridized carbons (Fsp3) is 0.0909. The van der Waals surface area contributed by atoms with Gasteiger partial charge in [0.2, 0.25) is 5.82 Å². The number of carboxylic acids is 1. The van der Waals surface area contributed by atoms with E-state index in [9.17, 15) is 14.7 Å². The van der Waals surface area contributed by atoms with Crippen LogP contribution in [0.2, 0.25) is 0 Å². The number of aromatic carboxylic acids is 1. The van der Waals surface area contributed by atoms with E-state index in [2.05, 4.69) is 20.5 Å². The van der Waals surface area contributed by atoms with Gasteiger partial charge in [-0.1, -0.05) is 0 Å². The molecule has 0 unspecified atom stereocenters. The molecule has 0 aliphatic heterocycles. The van der Waals surface area contributed by atoms with Crippen LogP contribution in [0.25, 0.3) is 0 Å². The molecule has 1 aromatic heterocycles. The van der Waals surface area contributed by atoms with Crippen LogP contribution in [-0.4, -0.2) is 37.3 Å². The number of benzene rings is 1. The lowest BCUT2D eigenvalue weighted by Crippen LogP contribution is -2.16. The fourth-order valence-corrected chi connectivity index (χ4v) is 1.44. The largest absolute Gasteiger partial charge is 0.508 e. The number of aromatic hydroxyl groups is 1. The summed E-state index contributed by atoms with van der Waals surface area (Å²) in [6, 6.07) is 3.60. The molecule has 1 amide bonds. The molecule has 0 saturated heterocycles. The van der Waals surface area contributed by atoms with E-state index in [1.807, 2.05) is 0 Å². The third-order valence-corrected chi connectivity index (χ3v) is 2.28. The maximum absolute atomic E-state index is 11.8. The standard InChI is InChI=1S/C11H10N4O4/c1-5-12-9(15-14-5)10(17)13-8-3-2-6(16)4-7(8)11(18)19/h2-4,16H,1H3,(H,13,17)(H,18,19)(H,12,14,15). The van der Waals surface area contributed by atoms with Gasteiger partial charge in [0.15, 0.2) is 0 Å². The number of rotatable bonds is 3. The summed E-state index contributed by atoms with van der Waals surface area (Å²) in [5.74, 6) is -1.74. The molecule has 8 heteroatoms. The van der Waals surface area contributed by atoms with E-state index in [-0.39, 0.29) is 22.8 Å². The van der Waals surface area contributed by atoms with Gasteiger partial charge in [-0.25, -0.2) is 9.78 Å². The van der Waals surface area contributed by atoms with Crippen molar-refractivity contribution < 1.29 is 19.8 Å². The van der Waals surface area contributed by atoms with Gasteiger partial charge in [0.05, 0.1) is 11.3 Å². The molecule has 0 atom stereocenters. The number of hydrogen-bond acceptors (Lipinski definition) is 5. The first-order valence-electron chi connectivity index (χ1n) is 5.24. The summed E-state index contributed by atoms with van der Waals surface area (Å²) >= 11 is 0. The Morgan fingerprint density at radius 2 is 2.11 bits per heavy atom. The number of nitrogens with zero attached hydrogens (tertiary/aromatic N) is 2. The molecule has 0 saturated carbocycles. The summed E-state index contributed by atoms with van der Waals surface area (Å²) in [4.78, 5) is 26.6. The molecule has 0 spiro atoms. The Kier molecular flexibility index (Phi) is 3.15. The van der Waals surface area contributed by atoms with E-state index in [0.29, 0.717) is 5.82 Å². The first-order valence-corrected chi connectivity index (χ1v) is 5.24. The van der Waals surface area contributed by atoms with Crippen molar-refractivity contribution in [3.63, 3.8) is 0 Å². The molecular formula is C11H10N4O4. The van der Waals surface area contributed by atoms with Crippen LogP contribution in [0.4, 0.5) is 5.69 Å². The highest BCUT2D eigenvalue weighted by atomic mass is 16.4. The summed E-state index contributed by atoms with van der Waals surface area (Å²) in [5.41, 5.74) is -0.168. The Balaban J connectivity index is 2.28. The van der Waals surface area contributed by atoms with Gasteiger partial charge < -0.3 is 15.5 Å². The Labute approximate surface area is 107 Å². The van der Waals surface area contributed by atoms with Crippen LogP contribution in [0.15, 0.2) is 18.2 Å². The lowest BCUT2D eigenvalue weighted by atomic mass is 10.1. The smallest absolute Gasteiger partial charge is 0.337 e. The van der Waals surface area contributed by atoms with Gasteiger partial charge in [-0.3, -0.25) is 9.89 Å². The second-order valence-corrected chi connectivity index (χ2v) is 3.73. The number of H-pyrrole nitrogens is 1. The van der Waals surface area contributed by atoms with E-state index in [1.54, 1.807) is 6.92 Å². The number of phenols is 1. The zero-order valence-corrected chi connectivity index (χ0v) is 9.84. The number of carbonyl (C=O) groups excluding carboxylic acids is 1. The molecule has 19 heavy (non-hydrogen) atoms. The molecule has 1 aromatic carbocycles. The number of aryl methyl sites for hydroxylation is 1. The highest BCUT2D eigenvalue weighted by molar-refractivity contribution is 6.06. The van der Waals surface area contributed by atoms with E-state index in [0.717, 1.165) is 6.07 Å². The average molecular weight is 262 g/mol. The number of phenolic OH excluding ortho intramolecular Hbond substituents is 1. The SMILES string of the molecule is Cc1nc(C(=O)Nc2ccc(O)cc2C(=O)O)n[nH]1. The van der Waals surface area contributed by atoms with Gasteiger partial charge >= 0.3 is 5.97 Å². The number of carbonyl (C=O) groups is 2. The molecule has 98 valence electrons. The van der Waals surface area contributed by atoms with Crippen molar-refractivity contribution in [3.05, 3.63) is 35.4 Å². The molecule has 0 aliphatic rings. The number of hydrogen-bond donors (Lipinski definition) is 4. The minimum atomic E-state index is -1.27. The molecular weight excluding hydrogens is 252 g/mol. The lowest BCUT2D eigenvalue weighted by Gasteiger charge is -2.07. The van der Waals surface area contributed by atoms with Crippen molar-refractivity contribution in [2.75, 3.05) is 5.32 Å². The summed E-state index contributed by atoms with van der Waals surface area (Å²) < 4.78 is 0. The number of amides is 1. The fourth-order valence-electron chi connectivity index (χ4n) is 1.44. The van der Waals surface area contributed by atoms with Crippen LogP contribution < -0.4 is 5.32 Å². The van der Waals surface area contributed by atoms with Gasteiger partial charge in [-0.05, 0) is 25.1 Å². The Morgan fingerprint density at radius 3 is 2.68 bits per heavy atom. The quantitative estimate of drug-likeness (QED) is 0.605.